The summed E-state index contributed by atoms with van der Waals surface area (Å²) in [5, 5.41) is 16.7. The van der Waals surface area contributed by atoms with Gasteiger partial charge in [-0.15, -0.1) is 5.10 Å². The molecule has 0 atom stereocenters. The number of nitrogens with one attached hydrogen (secondary N) is 2. The minimum Gasteiger partial charge on any atom is -0.497 e. The summed E-state index contributed by atoms with van der Waals surface area (Å²) < 4.78 is 7.03. The number of anilines is 1. The average Bonchev–Trinajstić information content (AvgIpc) is 3.27. The molecule has 0 spiro atoms. The Bertz CT molecular complexity index is 1160. The lowest BCUT2D eigenvalue weighted by Gasteiger charge is -2.08. The zero-order valence-electron chi connectivity index (χ0n) is 16.8. The molecule has 1 aromatic heterocycles. The number of rotatable bonds is 7. The lowest BCUT2D eigenvalue weighted by atomic mass is 10.2. The zero-order chi connectivity index (χ0) is 21.6. The van der Waals surface area contributed by atoms with Gasteiger partial charge in [0, 0.05) is 16.8 Å². The van der Waals surface area contributed by atoms with Crippen LogP contribution in [0.3, 0.4) is 0 Å². The van der Waals surface area contributed by atoms with Crippen LogP contribution in [0.4, 0.5) is 5.69 Å². The van der Waals surface area contributed by atoms with E-state index in [0.717, 1.165) is 28.5 Å². The van der Waals surface area contributed by atoms with Crippen molar-refractivity contribution in [1.82, 2.24) is 20.2 Å². The van der Waals surface area contributed by atoms with Crippen molar-refractivity contribution < 1.29 is 14.7 Å². The van der Waals surface area contributed by atoms with Crippen molar-refractivity contribution in [2.24, 2.45) is 0 Å². The second-order valence-electron chi connectivity index (χ2n) is 6.70. The molecular formula is C23H21N5O3. The van der Waals surface area contributed by atoms with Crippen LogP contribution in [0.25, 0.3) is 17.1 Å². The summed E-state index contributed by atoms with van der Waals surface area (Å²) in [4.78, 5) is 16.2. The fourth-order valence-electron chi connectivity index (χ4n) is 3.08. The van der Waals surface area contributed by atoms with Crippen molar-refractivity contribution in [3.63, 3.8) is 0 Å². The van der Waals surface area contributed by atoms with Crippen molar-refractivity contribution in [2.45, 2.75) is 6.54 Å². The quantitative estimate of drug-likeness (QED) is 0.314. The predicted octanol–water partition coefficient (Wildman–Crippen LogP) is 3.67. The number of ether oxygens (including phenoxy) is 1. The molecule has 3 aromatic carbocycles. The van der Waals surface area contributed by atoms with E-state index < -0.39 is 5.91 Å². The number of carbonyl (C=O) groups excluding carboxylic acids is 1. The number of hydrogen-bond donors (Lipinski definition) is 3. The fraction of sp³-hybridized carbons (Fsp3) is 0.0870. The van der Waals surface area contributed by atoms with Crippen molar-refractivity contribution in [1.29, 1.82) is 0 Å². The number of amides is 1. The van der Waals surface area contributed by atoms with Crippen LogP contribution >= 0.6 is 0 Å². The number of carbonyl (C=O) groups is 1. The molecular weight excluding hydrogens is 394 g/mol. The van der Waals surface area contributed by atoms with Crippen molar-refractivity contribution >= 4 is 11.6 Å². The third-order valence-corrected chi connectivity index (χ3v) is 4.72. The monoisotopic (exact) mass is 415 g/mol. The van der Waals surface area contributed by atoms with Crippen LogP contribution in [0.15, 0.2) is 78.9 Å². The fourth-order valence-corrected chi connectivity index (χ4v) is 3.08. The Morgan fingerprint density at radius 3 is 2.35 bits per heavy atom. The Morgan fingerprint density at radius 1 is 1.00 bits per heavy atom. The highest BCUT2D eigenvalue weighted by atomic mass is 16.5. The molecule has 1 heterocycles. The first-order valence-electron chi connectivity index (χ1n) is 9.62. The van der Waals surface area contributed by atoms with Gasteiger partial charge in [-0.25, -0.2) is 15.1 Å². The summed E-state index contributed by atoms with van der Waals surface area (Å²) in [6.07, 6.45) is 0. The molecule has 0 unspecified atom stereocenters. The van der Waals surface area contributed by atoms with Gasteiger partial charge in [-0.1, -0.05) is 18.2 Å². The van der Waals surface area contributed by atoms with Gasteiger partial charge in [-0.2, -0.15) is 0 Å². The topological polar surface area (TPSA) is 101 Å². The average molecular weight is 415 g/mol. The van der Waals surface area contributed by atoms with Crippen molar-refractivity contribution in [2.75, 3.05) is 12.4 Å². The molecule has 0 radical (unpaired) electrons. The van der Waals surface area contributed by atoms with E-state index in [9.17, 15) is 4.79 Å². The molecule has 0 aliphatic rings. The Labute approximate surface area is 179 Å². The summed E-state index contributed by atoms with van der Waals surface area (Å²) in [5.74, 6) is 1.55. The Hall–Kier alpha value is -4.17. The minimum absolute atomic E-state index is 0.363. The molecule has 0 aliphatic carbocycles. The maximum atomic E-state index is 11.5. The molecule has 31 heavy (non-hydrogen) atoms. The normalized spacial score (nSPS) is 10.5. The summed E-state index contributed by atoms with van der Waals surface area (Å²) in [6.45, 7) is 0.420. The van der Waals surface area contributed by atoms with Gasteiger partial charge in [-0.05, 0) is 60.7 Å². The van der Waals surface area contributed by atoms with E-state index in [4.69, 9.17) is 20.0 Å². The van der Waals surface area contributed by atoms with E-state index in [-0.39, 0.29) is 0 Å². The number of aromatic nitrogens is 3. The maximum absolute atomic E-state index is 11.5. The van der Waals surface area contributed by atoms with Gasteiger partial charge in [0.25, 0.3) is 5.91 Å². The minimum atomic E-state index is -0.556. The van der Waals surface area contributed by atoms with E-state index in [1.54, 1.807) is 41.5 Å². The number of methoxy groups -OCH3 is 1. The number of benzene rings is 3. The maximum Gasteiger partial charge on any atom is 0.274 e. The van der Waals surface area contributed by atoms with Crippen molar-refractivity contribution in [3.05, 3.63) is 90.3 Å². The van der Waals surface area contributed by atoms with Crippen LogP contribution in [0.5, 0.6) is 5.75 Å². The number of hydrogen-bond acceptors (Lipinski definition) is 6. The molecule has 0 aliphatic heterocycles. The molecule has 8 nitrogen and oxygen atoms in total. The van der Waals surface area contributed by atoms with Gasteiger partial charge in [0.1, 0.15) is 5.75 Å². The van der Waals surface area contributed by atoms with Gasteiger partial charge >= 0.3 is 0 Å². The molecule has 8 heteroatoms. The van der Waals surface area contributed by atoms with E-state index in [1.165, 1.54) is 0 Å². The summed E-state index contributed by atoms with van der Waals surface area (Å²) in [5.41, 5.74) is 4.58. The van der Waals surface area contributed by atoms with Crippen LogP contribution in [0.2, 0.25) is 0 Å². The summed E-state index contributed by atoms with van der Waals surface area (Å²) in [7, 11) is 1.63. The SMILES string of the molecule is COc1ccc(-c2nc(CNc3ccc(C(=O)NO)cc3)n(-c3ccccc3)n2)cc1. The number of hydroxylamine groups is 1. The van der Waals surface area contributed by atoms with Crippen molar-refractivity contribution in [3.8, 4) is 22.8 Å². The van der Waals surface area contributed by atoms with Gasteiger partial charge < -0.3 is 10.1 Å². The van der Waals surface area contributed by atoms with Crippen LogP contribution in [0.1, 0.15) is 16.2 Å². The lowest BCUT2D eigenvalue weighted by Crippen LogP contribution is -2.18. The molecule has 0 bridgehead atoms. The second kappa shape index (κ2) is 9.10. The third kappa shape index (κ3) is 4.54. The summed E-state index contributed by atoms with van der Waals surface area (Å²) in [6, 6.07) is 24.2. The van der Waals surface area contributed by atoms with E-state index in [2.05, 4.69) is 5.32 Å². The zero-order valence-corrected chi connectivity index (χ0v) is 16.8. The van der Waals surface area contributed by atoms with E-state index >= 15 is 0 Å². The van der Waals surface area contributed by atoms with Crippen LogP contribution in [0, 0.1) is 0 Å². The highest BCUT2D eigenvalue weighted by Crippen LogP contribution is 2.22. The number of para-hydroxylation sites is 1. The molecule has 156 valence electrons. The first-order valence-corrected chi connectivity index (χ1v) is 9.62. The Kier molecular flexibility index (Phi) is 5.91. The van der Waals surface area contributed by atoms with Gasteiger partial charge in [0.15, 0.2) is 11.6 Å². The molecule has 1 amide bonds. The van der Waals surface area contributed by atoms with Crippen LogP contribution in [-0.2, 0) is 6.54 Å². The molecule has 4 rings (SSSR count). The van der Waals surface area contributed by atoms with E-state index in [1.807, 2.05) is 54.6 Å². The Morgan fingerprint density at radius 2 is 1.71 bits per heavy atom. The van der Waals surface area contributed by atoms with Gasteiger partial charge in [0.05, 0.1) is 19.3 Å². The first kappa shape index (κ1) is 20.1. The predicted molar refractivity (Wildman–Crippen MR) is 116 cm³/mol. The lowest BCUT2D eigenvalue weighted by molar-refractivity contribution is 0.0706. The largest absolute Gasteiger partial charge is 0.497 e. The second-order valence-corrected chi connectivity index (χ2v) is 6.70. The smallest absolute Gasteiger partial charge is 0.274 e. The number of nitrogens with zero attached hydrogens (tertiary/aromatic N) is 3. The van der Waals surface area contributed by atoms with Gasteiger partial charge in [-0.3, -0.25) is 10.0 Å². The molecule has 0 fully saturated rings. The highest BCUT2D eigenvalue weighted by Gasteiger charge is 2.13. The third-order valence-electron chi connectivity index (χ3n) is 4.72. The van der Waals surface area contributed by atoms with Crippen LogP contribution in [-0.4, -0.2) is 33.0 Å². The van der Waals surface area contributed by atoms with E-state index in [0.29, 0.717) is 17.9 Å². The van der Waals surface area contributed by atoms with Crippen LogP contribution < -0.4 is 15.5 Å². The molecule has 0 saturated heterocycles. The molecule has 0 saturated carbocycles. The highest BCUT2D eigenvalue weighted by molar-refractivity contribution is 5.93. The van der Waals surface area contributed by atoms with Gasteiger partial charge in [0.2, 0.25) is 0 Å². The Balaban J connectivity index is 1.60. The molecule has 3 N–H and O–H groups in total. The molecule has 4 aromatic rings. The summed E-state index contributed by atoms with van der Waals surface area (Å²) >= 11 is 0. The standard InChI is InChI=1S/C23H21N5O3/c1-31-20-13-9-16(10-14-20)22-25-21(28(26-22)19-5-3-2-4-6-19)15-24-18-11-7-17(8-12-18)23(29)27-30/h2-14,24,30H,15H2,1H3,(H,27,29). The first-order chi connectivity index (χ1) is 15.2.